The molecule has 0 spiro atoms. The van der Waals surface area contributed by atoms with Crippen LogP contribution >= 0.6 is 0 Å². The number of ether oxygens (including phenoxy) is 1. The molecule has 6 heteroatoms. The Balaban J connectivity index is 1.93. The zero-order valence-electron chi connectivity index (χ0n) is 10.7. The summed E-state index contributed by atoms with van der Waals surface area (Å²) < 4.78 is 6.99. The summed E-state index contributed by atoms with van der Waals surface area (Å²) in [6.07, 6.45) is 3.75. The van der Waals surface area contributed by atoms with Gasteiger partial charge in [0.1, 0.15) is 5.75 Å². The highest BCUT2D eigenvalue weighted by atomic mass is 16.5. The van der Waals surface area contributed by atoms with E-state index in [2.05, 4.69) is 10.4 Å². The molecule has 2 rings (SSSR count). The van der Waals surface area contributed by atoms with Gasteiger partial charge in [0.2, 0.25) is 0 Å². The van der Waals surface area contributed by atoms with Crippen molar-refractivity contribution in [3.63, 3.8) is 0 Å². The Kier molecular flexibility index (Phi) is 4.02. The maximum atomic E-state index is 10.6. The van der Waals surface area contributed by atoms with E-state index in [1.165, 1.54) is 0 Å². The third kappa shape index (κ3) is 4.02. The van der Waals surface area contributed by atoms with Crippen LogP contribution in [-0.4, -0.2) is 22.3 Å². The lowest BCUT2D eigenvalue weighted by Gasteiger charge is -2.08. The van der Waals surface area contributed by atoms with Crippen LogP contribution in [0.4, 0.5) is 5.69 Å². The molecule has 1 aromatic heterocycles. The van der Waals surface area contributed by atoms with E-state index < -0.39 is 5.91 Å². The number of aromatic nitrogens is 2. The number of carbonyl (C=O) groups excluding carboxylic acids is 1. The molecular weight excluding hydrogens is 244 g/mol. The van der Waals surface area contributed by atoms with Gasteiger partial charge in [-0.1, -0.05) is 6.07 Å². The Morgan fingerprint density at radius 1 is 1.53 bits per heavy atom. The molecule has 1 aromatic carbocycles. The Bertz CT molecular complexity index is 565. The molecular formula is C13H16N4O2. The Morgan fingerprint density at radius 3 is 3.05 bits per heavy atom. The summed E-state index contributed by atoms with van der Waals surface area (Å²) >= 11 is 0. The fourth-order valence-corrected chi connectivity index (χ4v) is 1.62. The molecule has 6 nitrogen and oxygen atoms in total. The van der Waals surface area contributed by atoms with Gasteiger partial charge in [-0.25, -0.2) is 0 Å². The SMILES string of the molecule is Cn1cc(CNc2cccc(OCC(N)=O)c2)cn1. The van der Waals surface area contributed by atoms with Gasteiger partial charge in [0.25, 0.3) is 5.91 Å². The number of anilines is 1. The zero-order chi connectivity index (χ0) is 13.7. The fraction of sp³-hybridized carbons (Fsp3) is 0.231. The van der Waals surface area contributed by atoms with Gasteiger partial charge in [-0.3, -0.25) is 9.48 Å². The van der Waals surface area contributed by atoms with Gasteiger partial charge >= 0.3 is 0 Å². The van der Waals surface area contributed by atoms with Crippen LogP contribution in [0.1, 0.15) is 5.56 Å². The van der Waals surface area contributed by atoms with Crippen LogP contribution in [-0.2, 0) is 18.4 Å². The first kappa shape index (κ1) is 12.9. The number of carbonyl (C=O) groups is 1. The summed E-state index contributed by atoms with van der Waals surface area (Å²) in [7, 11) is 1.88. The van der Waals surface area contributed by atoms with E-state index in [0.717, 1.165) is 11.3 Å². The largest absolute Gasteiger partial charge is 0.484 e. The maximum Gasteiger partial charge on any atom is 0.255 e. The van der Waals surface area contributed by atoms with Gasteiger partial charge in [-0.15, -0.1) is 0 Å². The molecule has 0 atom stereocenters. The summed E-state index contributed by atoms with van der Waals surface area (Å²) in [4.78, 5) is 10.6. The van der Waals surface area contributed by atoms with Crippen LogP contribution in [0.5, 0.6) is 5.75 Å². The van der Waals surface area contributed by atoms with E-state index in [1.54, 1.807) is 16.9 Å². The van der Waals surface area contributed by atoms with Gasteiger partial charge in [-0.05, 0) is 12.1 Å². The monoisotopic (exact) mass is 260 g/mol. The molecule has 0 aliphatic carbocycles. The van der Waals surface area contributed by atoms with Crippen LogP contribution in [0.3, 0.4) is 0 Å². The van der Waals surface area contributed by atoms with Crippen LogP contribution in [0.25, 0.3) is 0 Å². The molecule has 0 radical (unpaired) electrons. The molecule has 100 valence electrons. The van der Waals surface area contributed by atoms with Crippen molar-refractivity contribution < 1.29 is 9.53 Å². The highest BCUT2D eigenvalue weighted by molar-refractivity contribution is 5.75. The highest BCUT2D eigenvalue weighted by Gasteiger charge is 2.00. The van der Waals surface area contributed by atoms with Crippen LogP contribution < -0.4 is 15.8 Å². The molecule has 0 fully saturated rings. The third-order valence-electron chi connectivity index (χ3n) is 2.47. The first-order valence-corrected chi connectivity index (χ1v) is 5.86. The topological polar surface area (TPSA) is 82.2 Å². The Morgan fingerprint density at radius 2 is 2.37 bits per heavy atom. The number of amides is 1. The molecule has 1 amide bonds. The maximum absolute atomic E-state index is 10.6. The van der Waals surface area contributed by atoms with Crippen molar-refractivity contribution in [2.45, 2.75) is 6.54 Å². The Labute approximate surface area is 111 Å². The zero-order valence-corrected chi connectivity index (χ0v) is 10.7. The van der Waals surface area contributed by atoms with Crippen molar-refractivity contribution in [2.24, 2.45) is 12.8 Å². The first-order chi connectivity index (χ1) is 9.13. The number of hydrogen-bond donors (Lipinski definition) is 2. The van der Waals surface area contributed by atoms with Gasteiger partial charge in [0, 0.05) is 37.1 Å². The number of primary amides is 1. The molecule has 0 bridgehead atoms. The van der Waals surface area contributed by atoms with E-state index >= 15 is 0 Å². The predicted octanol–water partition coefficient (Wildman–Crippen LogP) is 0.896. The molecule has 0 aliphatic rings. The van der Waals surface area contributed by atoms with Gasteiger partial charge in [0.05, 0.1) is 6.20 Å². The summed E-state index contributed by atoms with van der Waals surface area (Å²) in [5.74, 6) is 0.115. The number of benzene rings is 1. The van der Waals surface area contributed by atoms with E-state index in [9.17, 15) is 4.79 Å². The van der Waals surface area contributed by atoms with Crippen LogP contribution in [0.2, 0.25) is 0 Å². The third-order valence-corrected chi connectivity index (χ3v) is 2.47. The average Bonchev–Trinajstić information content (AvgIpc) is 2.80. The van der Waals surface area contributed by atoms with Crippen molar-refractivity contribution in [3.05, 3.63) is 42.2 Å². The molecule has 2 aromatic rings. The number of hydrogen-bond acceptors (Lipinski definition) is 4. The van der Waals surface area contributed by atoms with Crippen molar-refractivity contribution in [1.29, 1.82) is 0 Å². The van der Waals surface area contributed by atoms with E-state index in [1.807, 2.05) is 31.4 Å². The highest BCUT2D eigenvalue weighted by Crippen LogP contribution is 2.17. The van der Waals surface area contributed by atoms with Gasteiger partial charge in [-0.2, -0.15) is 5.10 Å². The average molecular weight is 260 g/mol. The minimum absolute atomic E-state index is 0.119. The second-order valence-electron chi connectivity index (χ2n) is 4.16. The second kappa shape index (κ2) is 5.90. The van der Waals surface area contributed by atoms with E-state index in [0.29, 0.717) is 12.3 Å². The lowest BCUT2D eigenvalue weighted by Crippen LogP contribution is -2.20. The van der Waals surface area contributed by atoms with Gasteiger partial charge in [0.15, 0.2) is 6.61 Å². The van der Waals surface area contributed by atoms with Crippen LogP contribution in [0.15, 0.2) is 36.7 Å². The van der Waals surface area contributed by atoms with Crippen LogP contribution in [0, 0.1) is 0 Å². The predicted molar refractivity (Wildman–Crippen MR) is 71.7 cm³/mol. The molecule has 3 N–H and O–H groups in total. The Hall–Kier alpha value is -2.50. The van der Waals surface area contributed by atoms with Crippen molar-refractivity contribution in [1.82, 2.24) is 9.78 Å². The van der Waals surface area contributed by atoms with Crippen molar-refractivity contribution in [3.8, 4) is 5.75 Å². The summed E-state index contributed by atoms with van der Waals surface area (Å²) in [6, 6.07) is 7.37. The molecule has 0 unspecified atom stereocenters. The van der Waals surface area contributed by atoms with Crippen molar-refractivity contribution in [2.75, 3.05) is 11.9 Å². The number of nitrogens with one attached hydrogen (secondary N) is 1. The van der Waals surface area contributed by atoms with E-state index in [4.69, 9.17) is 10.5 Å². The second-order valence-corrected chi connectivity index (χ2v) is 4.16. The fourth-order valence-electron chi connectivity index (χ4n) is 1.62. The molecule has 0 saturated carbocycles. The van der Waals surface area contributed by atoms with E-state index in [-0.39, 0.29) is 6.61 Å². The molecule has 0 saturated heterocycles. The normalized spacial score (nSPS) is 10.2. The quantitative estimate of drug-likeness (QED) is 0.808. The number of nitrogens with two attached hydrogens (primary N) is 1. The lowest BCUT2D eigenvalue weighted by molar-refractivity contribution is -0.119. The molecule has 19 heavy (non-hydrogen) atoms. The lowest BCUT2D eigenvalue weighted by atomic mass is 10.3. The molecule has 1 heterocycles. The smallest absolute Gasteiger partial charge is 0.255 e. The minimum Gasteiger partial charge on any atom is -0.484 e. The minimum atomic E-state index is -0.492. The van der Waals surface area contributed by atoms with Gasteiger partial charge < -0.3 is 15.8 Å². The summed E-state index contributed by atoms with van der Waals surface area (Å²) in [5, 5.41) is 7.35. The summed E-state index contributed by atoms with van der Waals surface area (Å²) in [5.41, 5.74) is 7.02. The standard InChI is InChI=1S/C13H16N4O2/c1-17-8-10(7-16-17)6-15-11-3-2-4-12(5-11)19-9-13(14)18/h2-5,7-8,15H,6,9H2,1H3,(H2,14,18). The number of nitrogens with zero attached hydrogens (tertiary/aromatic N) is 2. The summed E-state index contributed by atoms with van der Waals surface area (Å²) in [6.45, 7) is 0.555. The molecule has 0 aliphatic heterocycles. The first-order valence-electron chi connectivity index (χ1n) is 5.86. The van der Waals surface area contributed by atoms with Crippen molar-refractivity contribution >= 4 is 11.6 Å². The number of aryl methyl sites for hydroxylation is 1. The number of rotatable bonds is 6.